The van der Waals surface area contributed by atoms with Gasteiger partial charge in [0, 0.05) is 0 Å². The van der Waals surface area contributed by atoms with E-state index in [1.165, 1.54) is 16.7 Å². The maximum Gasteiger partial charge on any atom is -0.00172 e. The largest absolute Gasteiger partial charge is 0.0648 e. The third-order valence-corrected chi connectivity index (χ3v) is 2.56. The Morgan fingerprint density at radius 3 is 2.67 bits per heavy atom. The third-order valence-electron chi connectivity index (χ3n) is 2.56. The van der Waals surface area contributed by atoms with Gasteiger partial charge in [-0.1, -0.05) is 48.1 Å². The van der Waals surface area contributed by atoms with E-state index in [0.717, 1.165) is 12.8 Å². The molecule has 1 aromatic carbocycles. The van der Waals surface area contributed by atoms with E-state index in [2.05, 4.69) is 49.4 Å². The SMILES string of the molecule is CC(Cc1ccccc1)=C1[C]=CC=[C]C1. The lowest BCUT2D eigenvalue weighted by molar-refractivity contribution is 1.05. The summed E-state index contributed by atoms with van der Waals surface area (Å²) in [6.07, 6.45) is 12.3. The Balaban J connectivity index is 2.13. The zero-order valence-corrected chi connectivity index (χ0v) is 8.96. The van der Waals surface area contributed by atoms with Crippen LogP contribution in [-0.4, -0.2) is 0 Å². The molecule has 1 aromatic rings. The first-order chi connectivity index (χ1) is 7.36. The van der Waals surface area contributed by atoms with Crippen LogP contribution in [0.2, 0.25) is 0 Å². The summed E-state index contributed by atoms with van der Waals surface area (Å²) in [5.41, 5.74) is 4.03. The second-order valence-electron chi connectivity index (χ2n) is 3.78. The van der Waals surface area contributed by atoms with Gasteiger partial charge in [0.1, 0.15) is 0 Å². The van der Waals surface area contributed by atoms with Gasteiger partial charge in [0.25, 0.3) is 0 Å². The van der Waals surface area contributed by atoms with Gasteiger partial charge in [0.15, 0.2) is 0 Å². The van der Waals surface area contributed by atoms with E-state index >= 15 is 0 Å². The highest BCUT2D eigenvalue weighted by Gasteiger charge is 2.01. The number of hydrogen-bond donors (Lipinski definition) is 0. The molecule has 1 aliphatic carbocycles. The van der Waals surface area contributed by atoms with Gasteiger partial charge in [-0.25, -0.2) is 0 Å². The summed E-state index contributed by atoms with van der Waals surface area (Å²) in [5.74, 6) is 0. The van der Waals surface area contributed by atoms with Crippen molar-refractivity contribution in [3.05, 3.63) is 71.3 Å². The van der Waals surface area contributed by atoms with Crippen molar-refractivity contribution in [3.8, 4) is 0 Å². The fourth-order valence-electron chi connectivity index (χ4n) is 1.70. The molecule has 2 rings (SSSR count). The van der Waals surface area contributed by atoms with Crippen LogP contribution in [0.25, 0.3) is 0 Å². The lowest BCUT2D eigenvalue weighted by Gasteiger charge is -2.08. The Hall–Kier alpha value is -1.56. The van der Waals surface area contributed by atoms with Crippen molar-refractivity contribution in [1.82, 2.24) is 0 Å². The summed E-state index contributed by atoms with van der Waals surface area (Å²) < 4.78 is 0. The van der Waals surface area contributed by atoms with Crippen LogP contribution in [0.4, 0.5) is 0 Å². The maximum atomic E-state index is 3.28. The molecule has 0 N–H and O–H groups in total. The Morgan fingerprint density at radius 1 is 1.20 bits per heavy atom. The highest BCUT2D eigenvalue weighted by atomic mass is 14.1. The molecule has 0 fully saturated rings. The Bertz CT molecular complexity index is 405. The molecule has 0 heterocycles. The van der Waals surface area contributed by atoms with Crippen LogP contribution >= 0.6 is 0 Å². The van der Waals surface area contributed by atoms with E-state index in [-0.39, 0.29) is 0 Å². The first-order valence-corrected chi connectivity index (χ1v) is 5.24. The molecule has 2 radical (unpaired) electrons. The van der Waals surface area contributed by atoms with Crippen molar-refractivity contribution in [2.45, 2.75) is 19.8 Å². The Kier molecular flexibility index (Phi) is 3.18. The first kappa shape index (κ1) is 9.97. The summed E-state index contributed by atoms with van der Waals surface area (Å²) in [6.45, 7) is 2.18. The van der Waals surface area contributed by atoms with Crippen LogP contribution < -0.4 is 0 Å². The van der Waals surface area contributed by atoms with Crippen LogP contribution in [0.3, 0.4) is 0 Å². The minimum atomic E-state index is 0.898. The summed E-state index contributed by atoms with van der Waals surface area (Å²) >= 11 is 0. The Labute approximate surface area is 91.6 Å². The second kappa shape index (κ2) is 4.79. The highest BCUT2D eigenvalue weighted by Crippen LogP contribution is 2.17. The molecule has 74 valence electrons. The van der Waals surface area contributed by atoms with E-state index in [1.54, 1.807) is 0 Å². The highest BCUT2D eigenvalue weighted by molar-refractivity contribution is 5.30. The summed E-state index contributed by atoms with van der Waals surface area (Å²) in [6, 6.07) is 10.5. The fourth-order valence-corrected chi connectivity index (χ4v) is 1.70. The molecular weight excluding hydrogens is 180 g/mol. The molecule has 0 bridgehead atoms. The molecule has 0 heteroatoms. The van der Waals surface area contributed by atoms with Crippen molar-refractivity contribution in [2.75, 3.05) is 0 Å². The van der Waals surface area contributed by atoms with Crippen molar-refractivity contribution in [1.29, 1.82) is 0 Å². The molecule has 0 amide bonds. The predicted molar refractivity (Wildman–Crippen MR) is 63.1 cm³/mol. The molecular formula is C15H14. The van der Waals surface area contributed by atoms with Gasteiger partial charge in [-0.05, 0) is 43.1 Å². The summed E-state index contributed by atoms with van der Waals surface area (Å²) in [7, 11) is 0. The van der Waals surface area contributed by atoms with Gasteiger partial charge >= 0.3 is 0 Å². The van der Waals surface area contributed by atoms with Crippen LogP contribution in [0.1, 0.15) is 18.9 Å². The standard InChI is InChI=1S/C15H14/c1-13(15-10-6-3-7-11-15)12-14-8-4-2-5-9-14/h2-6,8-9H,11-12H2,1H3. The zero-order valence-electron chi connectivity index (χ0n) is 8.96. The molecule has 0 unspecified atom stereocenters. The first-order valence-electron chi connectivity index (χ1n) is 5.24. The quantitative estimate of drug-likeness (QED) is 0.674. The summed E-state index contributed by atoms with van der Waals surface area (Å²) in [4.78, 5) is 0. The molecule has 0 saturated carbocycles. The van der Waals surface area contributed by atoms with Gasteiger partial charge in [-0.3, -0.25) is 0 Å². The maximum absolute atomic E-state index is 3.28. The number of allylic oxidation sites excluding steroid dienone is 6. The van der Waals surface area contributed by atoms with E-state index in [1.807, 2.05) is 12.2 Å². The van der Waals surface area contributed by atoms with Crippen molar-refractivity contribution >= 4 is 0 Å². The van der Waals surface area contributed by atoms with Crippen LogP contribution in [0, 0.1) is 12.2 Å². The monoisotopic (exact) mass is 194 g/mol. The van der Waals surface area contributed by atoms with Crippen LogP contribution in [-0.2, 0) is 6.42 Å². The molecule has 0 aliphatic heterocycles. The predicted octanol–water partition coefficient (Wildman–Crippen LogP) is 3.67. The number of benzene rings is 1. The number of rotatable bonds is 2. The fraction of sp³-hybridized carbons (Fsp3) is 0.200. The molecule has 15 heavy (non-hydrogen) atoms. The minimum Gasteiger partial charge on any atom is -0.0648 e. The minimum absolute atomic E-state index is 0.898. The Morgan fingerprint density at radius 2 is 2.00 bits per heavy atom. The lowest BCUT2D eigenvalue weighted by Crippen LogP contribution is -1.93. The molecule has 0 nitrogen and oxygen atoms in total. The van der Waals surface area contributed by atoms with Gasteiger partial charge in [0.2, 0.25) is 0 Å². The molecule has 0 spiro atoms. The summed E-state index contributed by atoms with van der Waals surface area (Å²) in [5, 5.41) is 0. The van der Waals surface area contributed by atoms with Gasteiger partial charge < -0.3 is 0 Å². The average Bonchev–Trinajstić information content (AvgIpc) is 2.31. The van der Waals surface area contributed by atoms with Crippen molar-refractivity contribution < 1.29 is 0 Å². The van der Waals surface area contributed by atoms with Crippen LogP contribution in [0.15, 0.2) is 53.6 Å². The lowest BCUT2D eigenvalue weighted by atomic mass is 9.97. The van der Waals surface area contributed by atoms with Gasteiger partial charge in [-0.2, -0.15) is 0 Å². The zero-order chi connectivity index (χ0) is 10.5. The number of hydrogen-bond acceptors (Lipinski definition) is 0. The van der Waals surface area contributed by atoms with E-state index < -0.39 is 0 Å². The molecule has 0 aromatic heterocycles. The second-order valence-corrected chi connectivity index (χ2v) is 3.78. The molecule has 0 saturated heterocycles. The van der Waals surface area contributed by atoms with Crippen molar-refractivity contribution in [2.24, 2.45) is 0 Å². The van der Waals surface area contributed by atoms with Gasteiger partial charge in [-0.15, -0.1) is 0 Å². The average molecular weight is 194 g/mol. The molecule has 1 aliphatic rings. The van der Waals surface area contributed by atoms with E-state index in [9.17, 15) is 0 Å². The van der Waals surface area contributed by atoms with E-state index in [0.29, 0.717) is 0 Å². The molecule has 0 atom stereocenters. The third kappa shape index (κ3) is 2.69. The van der Waals surface area contributed by atoms with E-state index in [4.69, 9.17) is 0 Å². The van der Waals surface area contributed by atoms with Crippen LogP contribution in [0.5, 0.6) is 0 Å². The normalized spacial score (nSPS) is 17.9. The topological polar surface area (TPSA) is 0 Å². The smallest absolute Gasteiger partial charge is 0.00172 e. The van der Waals surface area contributed by atoms with Crippen molar-refractivity contribution in [3.63, 3.8) is 0 Å². The van der Waals surface area contributed by atoms with Gasteiger partial charge in [0.05, 0.1) is 0 Å².